The summed E-state index contributed by atoms with van der Waals surface area (Å²) in [5, 5.41) is 15.8. The van der Waals surface area contributed by atoms with E-state index in [1.165, 1.54) is 11.0 Å². The summed E-state index contributed by atoms with van der Waals surface area (Å²) < 4.78 is 5.18. The summed E-state index contributed by atoms with van der Waals surface area (Å²) in [4.78, 5) is 39.8. The van der Waals surface area contributed by atoms with E-state index in [0.717, 1.165) is 11.1 Å². The fourth-order valence-electron chi connectivity index (χ4n) is 3.44. The van der Waals surface area contributed by atoms with E-state index in [1.54, 1.807) is 45.9 Å². The average Bonchev–Trinajstić information content (AvgIpc) is 2.72. The Morgan fingerprint density at radius 3 is 2.18 bits per heavy atom. The number of benzene rings is 2. The molecule has 33 heavy (non-hydrogen) atoms. The van der Waals surface area contributed by atoms with E-state index in [2.05, 4.69) is 10.6 Å². The van der Waals surface area contributed by atoms with Crippen LogP contribution in [0.4, 0.5) is 10.5 Å². The molecular formula is C25H33N3O5. The van der Waals surface area contributed by atoms with Gasteiger partial charge < -0.3 is 25.4 Å². The number of hydrogen-bond acceptors (Lipinski definition) is 5. The van der Waals surface area contributed by atoms with Crippen molar-refractivity contribution < 1.29 is 24.2 Å². The molecule has 1 atom stereocenters. The SMILES string of the molecule is CCN(C(=O)CNC(=O)OC(C)(C)C)C(C(=O)Nc1c(C)cccc1C)c1ccccc1O. The van der Waals surface area contributed by atoms with Gasteiger partial charge in [0.1, 0.15) is 23.9 Å². The van der Waals surface area contributed by atoms with Crippen LogP contribution >= 0.6 is 0 Å². The Labute approximate surface area is 194 Å². The summed E-state index contributed by atoms with van der Waals surface area (Å²) in [6.07, 6.45) is -0.731. The number of ether oxygens (including phenoxy) is 1. The van der Waals surface area contributed by atoms with E-state index in [1.807, 2.05) is 32.0 Å². The number of para-hydroxylation sites is 2. The summed E-state index contributed by atoms with van der Waals surface area (Å²) in [5.41, 5.74) is 1.98. The Hall–Kier alpha value is -3.55. The van der Waals surface area contributed by atoms with Crippen molar-refractivity contribution in [3.63, 3.8) is 0 Å². The number of carbonyl (C=O) groups is 3. The average molecular weight is 456 g/mol. The first-order valence-electron chi connectivity index (χ1n) is 10.9. The number of anilines is 1. The van der Waals surface area contributed by atoms with Crippen LogP contribution in [0, 0.1) is 13.8 Å². The van der Waals surface area contributed by atoms with Gasteiger partial charge in [-0.15, -0.1) is 0 Å². The second-order valence-electron chi connectivity index (χ2n) is 8.75. The van der Waals surface area contributed by atoms with Crippen molar-refractivity contribution in [1.29, 1.82) is 0 Å². The van der Waals surface area contributed by atoms with Gasteiger partial charge in [0.2, 0.25) is 5.91 Å². The van der Waals surface area contributed by atoms with Gasteiger partial charge in [0.25, 0.3) is 5.91 Å². The highest BCUT2D eigenvalue weighted by Gasteiger charge is 2.33. The van der Waals surface area contributed by atoms with Crippen molar-refractivity contribution in [2.24, 2.45) is 0 Å². The van der Waals surface area contributed by atoms with Crippen LogP contribution in [0.25, 0.3) is 0 Å². The smallest absolute Gasteiger partial charge is 0.408 e. The standard InChI is InChI=1S/C25H33N3O5/c1-7-28(20(30)15-26-24(32)33-25(4,5)6)22(18-13-8-9-14-19(18)29)23(31)27-21-16(2)11-10-12-17(21)3/h8-14,22,29H,7,15H2,1-6H3,(H,26,32)(H,27,31). The topological polar surface area (TPSA) is 108 Å². The Morgan fingerprint density at radius 2 is 1.64 bits per heavy atom. The number of alkyl carbamates (subject to hydrolysis) is 1. The quantitative estimate of drug-likeness (QED) is 0.583. The molecule has 0 aliphatic carbocycles. The number of aryl methyl sites for hydroxylation is 2. The molecule has 2 aromatic carbocycles. The number of nitrogens with zero attached hydrogens (tertiary/aromatic N) is 1. The van der Waals surface area contributed by atoms with E-state index in [9.17, 15) is 19.5 Å². The lowest BCUT2D eigenvalue weighted by Gasteiger charge is -2.31. The van der Waals surface area contributed by atoms with E-state index >= 15 is 0 Å². The molecule has 3 N–H and O–H groups in total. The van der Waals surface area contributed by atoms with Crippen LogP contribution in [0.15, 0.2) is 42.5 Å². The highest BCUT2D eigenvalue weighted by Crippen LogP contribution is 2.31. The molecule has 0 spiro atoms. The van der Waals surface area contributed by atoms with E-state index < -0.39 is 29.6 Å². The van der Waals surface area contributed by atoms with E-state index in [0.29, 0.717) is 5.69 Å². The molecule has 0 saturated heterocycles. The summed E-state index contributed by atoms with van der Waals surface area (Å²) in [6, 6.07) is 10.9. The van der Waals surface area contributed by atoms with Crippen molar-refractivity contribution in [3.8, 4) is 5.75 Å². The number of aromatic hydroxyl groups is 1. The second-order valence-corrected chi connectivity index (χ2v) is 8.75. The number of likely N-dealkylation sites (N-methyl/N-ethyl adjacent to an activating group) is 1. The highest BCUT2D eigenvalue weighted by atomic mass is 16.6. The van der Waals surface area contributed by atoms with E-state index in [-0.39, 0.29) is 24.4 Å². The molecule has 3 amide bonds. The molecule has 178 valence electrons. The van der Waals surface area contributed by atoms with Crippen LogP contribution in [0.3, 0.4) is 0 Å². The van der Waals surface area contributed by atoms with Crippen molar-refractivity contribution in [1.82, 2.24) is 10.2 Å². The zero-order valence-corrected chi connectivity index (χ0v) is 20.1. The molecule has 0 fully saturated rings. The number of carbonyl (C=O) groups excluding carboxylic acids is 3. The minimum absolute atomic E-state index is 0.106. The van der Waals surface area contributed by atoms with Crippen LogP contribution < -0.4 is 10.6 Å². The van der Waals surface area contributed by atoms with Gasteiger partial charge in [0.05, 0.1) is 0 Å². The zero-order valence-electron chi connectivity index (χ0n) is 20.1. The van der Waals surface area contributed by atoms with Gasteiger partial charge in [-0.3, -0.25) is 9.59 Å². The number of rotatable bonds is 7. The number of amides is 3. The minimum Gasteiger partial charge on any atom is -0.508 e. The Balaban J connectivity index is 2.34. The molecule has 2 aromatic rings. The third-order valence-corrected chi connectivity index (χ3v) is 4.96. The number of phenols is 1. The normalized spacial score (nSPS) is 11.9. The third-order valence-electron chi connectivity index (χ3n) is 4.96. The molecule has 8 nitrogen and oxygen atoms in total. The lowest BCUT2D eigenvalue weighted by Crippen LogP contribution is -2.46. The Bertz CT molecular complexity index is 993. The molecular weight excluding hydrogens is 422 g/mol. The summed E-state index contributed by atoms with van der Waals surface area (Å²) in [7, 11) is 0. The predicted octanol–water partition coefficient (Wildman–Crippen LogP) is 4.06. The zero-order chi connectivity index (χ0) is 24.8. The number of phenolic OH excluding ortho intramolecular Hbond substituents is 1. The maximum absolute atomic E-state index is 13.5. The van der Waals surface area contributed by atoms with Crippen LogP contribution in [0.1, 0.15) is 50.4 Å². The monoisotopic (exact) mass is 455 g/mol. The minimum atomic E-state index is -1.11. The third kappa shape index (κ3) is 6.97. The van der Waals surface area contributed by atoms with Gasteiger partial charge in [0, 0.05) is 17.8 Å². The van der Waals surface area contributed by atoms with Crippen molar-refractivity contribution in [2.45, 2.75) is 53.2 Å². The molecule has 0 radical (unpaired) electrons. The molecule has 0 aliphatic rings. The first kappa shape index (κ1) is 25.7. The largest absolute Gasteiger partial charge is 0.508 e. The van der Waals surface area contributed by atoms with Crippen molar-refractivity contribution in [2.75, 3.05) is 18.4 Å². The lowest BCUT2D eigenvalue weighted by atomic mass is 10.0. The fraction of sp³-hybridized carbons (Fsp3) is 0.400. The van der Waals surface area contributed by atoms with Gasteiger partial charge >= 0.3 is 6.09 Å². The summed E-state index contributed by atoms with van der Waals surface area (Å²) in [5.74, 6) is -1.07. The van der Waals surface area contributed by atoms with Crippen LogP contribution in [0.5, 0.6) is 5.75 Å². The summed E-state index contributed by atoms with van der Waals surface area (Å²) in [6.45, 7) is 10.5. The number of nitrogens with one attached hydrogen (secondary N) is 2. The molecule has 0 heterocycles. The number of hydrogen-bond donors (Lipinski definition) is 3. The molecule has 2 rings (SSSR count). The molecule has 1 unspecified atom stereocenters. The van der Waals surface area contributed by atoms with Crippen LogP contribution in [0.2, 0.25) is 0 Å². The van der Waals surface area contributed by atoms with Crippen molar-refractivity contribution >= 4 is 23.6 Å². The molecule has 0 aromatic heterocycles. The second kappa shape index (κ2) is 10.8. The predicted molar refractivity (Wildman–Crippen MR) is 127 cm³/mol. The molecule has 0 saturated carbocycles. The molecule has 8 heteroatoms. The van der Waals surface area contributed by atoms with Gasteiger partial charge in [-0.25, -0.2) is 4.79 Å². The lowest BCUT2D eigenvalue weighted by molar-refractivity contribution is -0.138. The van der Waals surface area contributed by atoms with Gasteiger partial charge in [-0.1, -0.05) is 36.4 Å². The van der Waals surface area contributed by atoms with E-state index in [4.69, 9.17) is 4.74 Å². The first-order valence-corrected chi connectivity index (χ1v) is 10.9. The Kier molecular flexibility index (Phi) is 8.45. The van der Waals surface area contributed by atoms with Gasteiger partial charge in [-0.2, -0.15) is 0 Å². The van der Waals surface area contributed by atoms with Crippen molar-refractivity contribution in [3.05, 3.63) is 59.2 Å². The maximum Gasteiger partial charge on any atom is 0.408 e. The first-order chi connectivity index (χ1) is 15.4. The Morgan fingerprint density at radius 1 is 1.03 bits per heavy atom. The van der Waals surface area contributed by atoms with Crippen LogP contribution in [-0.4, -0.2) is 46.6 Å². The summed E-state index contributed by atoms with van der Waals surface area (Å²) >= 11 is 0. The van der Waals surface area contributed by atoms with Gasteiger partial charge in [0.15, 0.2) is 0 Å². The van der Waals surface area contributed by atoms with Crippen LogP contribution in [-0.2, 0) is 14.3 Å². The molecule has 0 aliphatic heterocycles. The molecule has 0 bridgehead atoms. The highest BCUT2D eigenvalue weighted by molar-refractivity contribution is 5.99. The van der Waals surface area contributed by atoms with Gasteiger partial charge in [-0.05, 0) is 58.7 Å². The fourth-order valence-corrected chi connectivity index (χ4v) is 3.44. The maximum atomic E-state index is 13.5.